The van der Waals surface area contributed by atoms with E-state index in [1.807, 2.05) is 24.3 Å². The number of benzene rings is 3. The van der Waals surface area contributed by atoms with Crippen LogP contribution >= 0.6 is 0 Å². The fourth-order valence-electron chi connectivity index (χ4n) is 3.74. The average molecular weight is 403 g/mol. The maximum atomic E-state index is 6.00. The Hall–Kier alpha value is -2.66. The Bertz CT molecular complexity index is 880. The first-order valence-corrected chi connectivity index (χ1v) is 10.7. The third kappa shape index (κ3) is 6.17. The number of hydrogen-bond acceptors (Lipinski definition) is 4. The lowest BCUT2D eigenvalue weighted by Gasteiger charge is -2.31. The van der Waals surface area contributed by atoms with Crippen molar-refractivity contribution >= 4 is 0 Å². The van der Waals surface area contributed by atoms with Gasteiger partial charge in [-0.3, -0.25) is 4.90 Å². The van der Waals surface area contributed by atoms with Crippen molar-refractivity contribution in [2.45, 2.75) is 19.2 Å². The fraction of sp³-hybridized carbons (Fsp3) is 0.308. The molecule has 0 amide bonds. The summed E-state index contributed by atoms with van der Waals surface area (Å²) in [4.78, 5) is 2.48. The van der Waals surface area contributed by atoms with Gasteiger partial charge in [-0.15, -0.1) is 0 Å². The predicted molar refractivity (Wildman–Crippen MR) is 120 cm³/mol. The Balaban J connectivity index is 1.37. The molecule has 0 aromatic heterocycles. The van der Waals surface area contributed by atoms with E-state index in [0.29, 0.717) is 6.61 Å². The molecule has 1 saturated heterocycles. The lowest BCUT2D eigenvalue weighted by Crippen LogP contribution is -2.41. The number of nitrogens with zero attached hydrogens (tertiary/aromatic N) is 1. The molecule has 1 aliphatic rings. The quantitative estimate of drug-likeness (QED) is 0.574. The van der Waals surface area contributed by atoms with Crippen LogP contribution in [0.5, 0.6) is 5.75 Å². The minimum absolute atomic E-state index is 0.276. The van der Waals surface area contributed by atoms with Crippen molar-refractivity contribution in [2.75, 3.05) is 32.8 Å². The number of hydrogen-bond donors (Lipinski definition) is 1. The van der Waals surface area contributed by atoms with Gasteiger partial charge in [0.25, 0.3) is 0 Å². The van der Waals surface area contributed by atoms with Gasteiger partial charge in [-0.05, 0) is 28.8 Å². The minimum atomic E-state index is 0.276. The summed E-state index contributed by atoms with van der Waals surface area (Å²) in [5.41, 5.74) is 3.72. The molecule has 156 valence electrons. The molecular formula is C26H30N2O2. The van der Waals surface area contributed by atoms with Crippen molar-refractivity contribution < 1.29 is 9.47 Å². The van der Waals surface area contributed by atoms with Crippen LogP contribution in [0.15, 0.2) is 84.9 Å². The third-order valence-electron chi connectivity index (χ3n) is 5.45. The van der Waals surface area contributed by atoms with Gasteiger partial charge in [0, 0.05) is 32.2 Å². The fourth-order valence-corrected chi connectivity index (χ4v) is 3.74. The molecule has 1 N–H and O–H groups in total. The summed E-state index contributed by atoms with van der Waals surface area (Å²) in [6.45, 7) is 6.00. The zero-order valence-corrected chi connectivity index (χ0v) is 17.4. The van der Waals surface area contributed by atoms with Crippen molar-refractivity contribution in [3.63, 3.8) is 0 Å². The smallest absolute Gasteiger partial charge is 0.120 e. The van der Waals surface area contributed by atoms with Crippen molar-refractivity contribution in [1.82, 2.24) is 10.2 Å². The monoisotopic (exact) mass is 402 g/mol. The van der Waals surface area contributed by atoms with Crippen LogP contribution in [0.1, 0.15) is 22.7 Å². The van der Waals surface area contributed by atoms with Gasteiger partial charge in [0.1, 0.15) is 12.4 Å². The van der Waals surface area contributed by atoms with Gasteiger partial charge in [-0.2, -0.15) is 0 Å². The Morgan fingerprint density at radius 2 is 1.53 bits per heavy atom. The van der Waals surface area contributed by atoms with Gasteiger partial charge in [-0.25, -0.2) is 0 Å². The summed E-state index contributed by atoms with van der Waals surface area (Å²) in [5.74, 6) is 0.905. The Kier molecular flexibility index (Phi) is 7.51. The number of nitrogens with one attached hydrogen (secondary N) is 1. The molecule has 4 rings (SSSR count). The molecule has 0 saturated carbocycles. The summed E-state index contributed by atoms with van der Waals surface area (Å²) in [5, 5.41) is 3.76. The molecule has 1 heterocycles. The van der Waals surface area contributed by atoms with Gasteiger partial charge < -0.3 is 14.8 Å². The molecule has 3 aromatic rings. The van der Waals surface area contributed by atoms with Crippen LogP contribution in [-0.4, -0.2) is 37.7 Å². The summed E-state index contributed by atoms with van der Waals surface area (Å²) in [6, 6.07) is 29.6. The largest absolute Gasteiger partial charge is 0.489 e. The van der Waals surface area contributed by atoms with Crippen LogP contribution in [0.4, 0.5) is 0 Å². The SMILES string of the molecule is c1ccc(COc2cccc(CNC(CN3CCOCC3)c3ccccc3)c2)cc1. The first-order chi connectivity index (χ1) is 14.9. The van der Waals surface area contributed by atoms with E-state index in [1.165, 1.54) is 16.7 Å². The predicted octanol–water partition coefficient (Wildman–Crippen LogP) is 4.43. The molecule has 1 atom stereocenters. The molecule has 3 aromatic carbocycles. The van der Waals surface area contributed by atoms with E-state index >= 15 is 0 Å². The highest BCUT2D eigenvalue weighted by Gasteiger charge is 2.18. The molecule has 0 spiro atoms. The van der Waals surface area contributed by atoms with Crippen molar-refractivity contribution in [2.24, 2.45) is 0 Å². The maximum Gasteiger partial charge on any atom is 0.120 e. The highest BCUT2D eigenvalue weighted by molar-refractivity contribution is 5.29. The molecular weight excluding hydrogens is 372 g/mol. The number of ether oxygens (including phenoxy) is 2. The molecule has 1 fully saturated rings. The van der Waals surface area contributed by atoms with Gasteiger partial charge in [0.15, 0.2) is 0 Å². The molecule has 0 bridgehead atoms. The van der Waals surface area contributed by atoms with Crippen molar-refractivity contribution in [1.29, 1.82) is 0 Å². The van der Waals surface area contributed by atoms with E-state index in [0.717, 1.165) is 45.1 Å². The maximum absolute atomic E-state index is 6.00. The van der Waals surface area contributed by atoms with E-state index in [-0.39, 0.29) is 6.04 Å². The van der Waals surface area contributed by atoms with Crippen LogP contribution in [0.25, 0.3) is 0 Å². The second kappa shape index (κ2) is 10.9. The van der Waals surface area contributed by atoms with Crippen molar-refractivity contribution in [3.8, 4) is 5.75 Å². The van der Waals surface area contributed by atoms with E-state index in [1.54, 1.807) is 0 Å². The van der Waals surface area contributed by atoms with Gasteiger partial charge >= 0.3 is 0 Å². The molecule has 30 heavy (non-hydrogen) atoms. The number of morpholine rings is 1. The van der Waals surface area contributed by atoms with Crippen LogP contribution in [0.3, 0.4) is 0 Å². The number of rotatable bonds is 9. The lowest BCUT2D eigenvalue weighted by molar-refractivity contribution is 0.0333. The topological polar surface area (TPSA) is 33.7 Å². The summed E-state index contributed by atoms with van der Waals surface area (Å²) in [6.07, 6.45) is 0. The van der Waals surface area contributed by atoms with Crippen LogP contribution in [0, 0.1) is 0 Å². The molecule has 0 radical (unpaired) electrons. The highest BCUT2D eigenvalue weighted by atomic mass is 16.5. The van der Waals surface area contributed by atoms with Crippen molar-refractivity contribution in [3.05, 3.63) is 102 Å². The minimum Gasteiger partial charge on any atom is -0.489 e. The Morgan fingerprint density at radius 3 is 2.30 bits per heavy atom. The van der Waals surface area contributed by atoms with Crippen LogP contribution < -0.4 is 10.1 Å². The molecule has 4 heteroatoms. The molecule has 4 nitrogen and oxygen atoms in total. The van der Waals surface area contributed by atoms with Gasteiger partial charge in [0.2, 0.25) is 0 Å². The van der Waals surface area contributed by atoms with Crippen LogP contribution in [0.2, 0.25) is 0 Å². The van der Waals surface area contributed by atoms with E-state index < -0.39 is 0 Å². The second-order valence-electron chi connectivity index (χ2n) is 7.68. The summed E-state index contributed by atoms with van der Waals surface area (Å²) >= 11 is 0. The third-order valence-corrected chi connectivity index (χ3v) is 5.45. The molecule has 1 aliphatic heterocycles. The second-order valence-corrected chi connectivity index (χ2v) is 7.68. The summed E-state index contributed by atoms with van der Waals surface area (Å²) in [7, 11) is 0. The highest BCUT2D eigenvalue weighted by Crippen LogP contribution is 2.19. The summed E-state index contributed by atoms with van der Waals surface area (Å²) < 4.78 is 11.5. The molecule has 0 aliphatic carbocycles. The van der Waals surface area contributed by atoms with Crippen LogP contribution in [-0.2, 0) is 17.9 Å². The van der Waals surface area contributed by atoms with Gasteiger partial charge in [0.05, 0.1) is 13.2 Å². The first-order valence-electron chi connectivity index (χ1n) is 10.7. The average Bonchev–Trinajstić information content (AvgIpc) is 2.82. The van der Waals surface area contributed by atoms with E-state index in [9.17, 15) is 0 Å². The Morgan fingerprint density at radius 1 is 0.833 bits per heavy atom. The standard InChI is InChI=1S/C26H30N2O2/c1-3-8-22(9-4-1)21-30-25-13-7-10-23(18-25)19-27-26(24-11-5-2-6-12-24)20-28-14-16-29-17-15-28/h1-13,18,26-27H,14-17,19-21H2. The lowest BCUT2D eigenvalue weighted by atomic mass is 10.1. The first kappa shape index (κ1) is 20.6. The normalized spacial score (nSPS) is 15.6. The van der Waals surface area contributed by atoms with E-state index in [2.05, 4.69) is 70.9 Å². The zero-order chi connectivity index (χ0) is 20.4. The Labute approximate surface area is 179 Å². The molecule has 1 unspecified atom stereocenters. The van der Waals surface area contributed by atoms with Gasteiger partial charge in [-0.1, -0.05) is 72.8 Å². The van der Waals surface area contributed by atoms with E-state index in [4.69, 9.17) is 9.47 Å². The zero-order valence-electron chi connectivity index (χ0n) is 17.4.